The number of rotatable bonds is 9. The number of carbonyl (C=O) groups excluding carboxylic acids is 1. The first-order chi connectivity index (χ1) is 17.0. The Balaban J connectivity index is 1.14. The molecule has 184 valence electrons. The van der Waals surface area contributed by atoms with Crippen LogP contribution in [0.5, 0.6) is 5.75 Å². The second-order valence-electron chi connectivity index (χ2n) is 9.41. The summed E-state index contributed by atoms with van der Waals surface area (Å²) in [5, 5.41) is 14.2. The molecule has 1 aliphatic heterocycles. The van der Waals surface area contributed by atoms with Gasteiger partial charge in [-0.3, -0.25) is 4.79 Å². The molecule has 0 aliphatic carbocycles. The second kappa shape index (κ2) is 12.2. The number of nitrogens with zero attached hydrogens (tertiary/aromatic N) is 1. The van der Waals surface area contributed by atoms with E-state index < -0.39 is 0 Å². The topological polar surface area (TPSA) is 52.6 Å². The number of nitrogens with one attached hydrogen (secondary N) is 1. The largest absolute Gasteiger partial charge is 0.508 e. The lowest BCUT2D eigenvalue weighted by Gasteiger charge is -2.32. The van der Waals surface area contributed by atoms with Gasteiger partial charge in [0, 0.05) is 17.1 Å². The normalized spacial score (nSPS) is 14.7. The van der Waals surface area contributed by atoms with E-state index >= 15 is 0 Å². The third-order valence-corrected chi connectivity index (χ3v) is 7.29. The summed E-state index contributed by atoms with van der Waals surface area (Å²) in [5.41, 5.74) is 5.11. The van der Waals surface area contributed by atoms with Crippen molar-refractivity contribution >= 4 is 17.5 Å². The number of halogens is 1. The quantitative estimate of drug-likeness (QED) is 0.329. The molecule has 0 unspecified atom stereocenters. The maximum absolute atomic E-state index is 12.5. The number of unbranched alkanes of at least 4 members (excludes halogenated alkanes) is 1. The summed E-state index contributed by atoms with van der Waals surface area (Å²) < 4.78 is 0. The lowest BCUT2D eigenvalue weighted by atomic mass is 9.88. The molecule has 5 heteroatoms. The van der Waals surface area contributed by atoms with E-state index in [0.29, 0.717) is 28.8 Å². The third-order valence-electron chi connectivity index (χ3n) is 7.04. The highest BCUT2D eigenvalue weighted by Gasteiger charge is 2.22. The summed E-state index contributed by atoms with van der Waals surface area (Å²) >= 11 is 5.96. The average Bonchev–Trinajstić information content (AvgIpc) is 2.89. The lowest BCUT2D eigenvalue weighted by molar-refractivity contribution is 0.0952. The number of amides is 1. The Kier molecular flexibility index (Phi) is 8.84. The van der Waals surface area contributed by atoms with Crippen molar-refractivity contribution in [3.8, 4) is 16.9 Å². The van der Waals surface area contributed by atoms with Crippen molar-refractivity contribution in [3.05, 3.63) is 88.4 Å². The predicted octanol–water partition coefficient (Wildman–Crippen LogP) is 6.66. The van der Waals surface area contributed by atoms with Gasteiger partial charge in [-0.1, -0.05) is 54.9 Å². The van der Waals surface area contributed by atoms with Gasteiger partial charge in [-0.05, 0) is 110 Å². The highest BCUT2D eigenvalue weighted by Crippen LogP contribution is 2.34. The highest BCUT2D eigenvalue weighted by atomic mass is 35.5. The fraction of sp³-hybridized carbons (Fsp3) is 0.367. The minimum Gasteiger partial charge on any atom is -0.508 e. The van der Waals surface area contributed by atoms with Crippen LogP contribution < -0.4 is 5.32 Å². The lowest BCUT2D eigenvalue weighted by Crippen LogP contribution is -2.34. The number of benzene rings is 3. The molecule has 1 aliphatic rings. The molecule has 3 aromatic carbocycles. The van der Waals surface area contributed by atoms with Gasteiger partial charge < -0.3 is 15.3 Å². The number of aryl methyl sites for hydroxylation is 1. The zero-order valence-electron chi connectivity index (χ0n) is 20.5. The molecule has 0 spiro atoms. The Morgan fingerprint density at radius 2 is 1.63 bits per heavy atom. The molecule has 0 bridgehead atoms. The first-order valence-electron chi connectivity index (χ1n) is 12.7. The predicted molar refractivity (Wildman–Crippen MR) is 144 cm³/mol. The molecule has 1 saturated heterocycles. The summed E-state index contributed by atoms with van der Waals surface area (Å²) in [7, 11) is 0. The summed E-state index contributed by atoms with van der Waals surface area (Å²) in [5.74, 6) is 0.878. The fourth-order valence-corrected chi connectivity index (χ4v) is 4.97. The van der Waals surface area contributed by atoms with Crippen molar-refractivity contribution in [2.45, 2.75) is 44.9 Å². The van der Waals surface area contributed by atoms with Crippen LogP contribution in [0.3, 0.4) is 0 Å². The first-order valence-corrected chi connectivity index (χ1v) is 13.1. The maximum atomic E-state index is 12.5. The number of piperidine rings is 1. The van der Waals surface area contributed by atoms with Crippen LogP contribution in [0, 0.1) is 0 Å². The summed E-state index contributed by atoms with van der Waals surface area (Å²) in [4.78, 5) is 15.0. The van der Waals surface area contributed by atoms with Gasteiger partial charge in [0.05, 0.1) is 0 Å². The van der Waals surface area contributed by atoms with Crippen molar-refractivity contribution in [1.82, 2.24) is 10.2 Å². The van der Waals surface area contributed by atoms with Crippen LogP contribution in [0.15, 0.2) is 66.7 Å². The van der Waals surface area contributed by atoms with Crippen LogP contribution in [-0.4, -0.2) is 42.1 Å². The highest BCUT2D eigenvalue weighted by molar-refractivity contribution is 6.30. The zero-order valence-corrected chi connectivity index (χ0v) is 21.2. The minimum absolute atomic E-state index is 0.0256. The van der Waals surface area contributed by atoms with E-state index in [0.717, 1.165) is 68.4 Å². The van der Waals surface area contributed by atoms with Gasteiger partial charge in [0.1, 0.15) is 5.75 Å². The summed E-state index contributed by atoms with van der Waals surface area (Å²) in [6.45, 7) is 5.97. The summed E-state index contributed by atoms with van der Waals surface area (Å²) in [6.07, 6.45) is 5.15. The molecular formula is C30H35ClN2O2. The first kappa shape index (κ1) is 25.3. The molecule has 4 nitrogen and oxygen atoms in total. The number of carbonyl (C=O) groups is 1. The van der Waals surface area contributed by atoms with Crippen molar-refractivity contribution in [3.63, 3.8) is 0 Å². The molecule has 1 fully saturated rings. The van der Waals surface area contributed by atoms with E-state index in [4.69, 9.17) is 11.6 Å². The molecule has 3 aromatic rings. The fourth-order valence-electron chi connectivity index (χ4n) is 4.84. The molecule has 35 heavy (non-hydrogen) atoms. The van der Waals surface area contributed by atoms with Crippen LogP contribution in [0.4, 0.5) is 0 Å². The molecular weight excluding hydrogens is 456 g/mol. The van der Waals surface area contributed by atoms with Crippen molar-refractivity contribution < 1.29 is 9.90 Å². The van der Waals surface area contributed by atoms with Gasteiger partial charge in [-0.2, -0.15) is 0 Å². The SMILES string of the molecule is CCc1ccc(C2CCN(CCCCNC(=O)c3ccc(-c4ccc(Cl)cc4)cc3)CC2)c(O)c1. The Bertz CT molecular complexity index is 1100. The molecule has 4 rings (SSSR count). The number of phenols is 1. The standard InChI is InChI=1S/C30H35ClN2O2/c1-2-22-5-14-28(29(34)21-22)25-15-19-33(20-16-25)18-4-3-17-32-30(35)26-8-6-23(7-9-26)24-10-12-27(31)13-11-24/h5-14,21,25,34H,2-4,15-20H2,1H3,(H,32,35). The monoisotopic (exact) mass is 490 g/mol. The second-order valence-corrected chi connectivity index (χ2v) is 9.85. The van der Waals surface area contributed by atoms with E-state index in [9.17, 15) is 9.90 Å². The number of likely N-dealkylation sites (tertiary alicyclic amines) is 1. The van der Waals surface area contributed by atoms with Gasteiger partial charge in [0.2, 0.25) is 0 Å². The number of hydrogen-bond acceptors (Lipinski definition) is 3. The van der Waals surface area contributed by atoms with Crippen LogP contribution in [-0.2, 0) is 6.42 Å². The van der Waals surface area contributed by atoms with Crippen LogP contribution in [0.2, 0.25) is 5.02 Å². The van der Waals surface area contributed by atoms with Crippen molar-refractivity contribution in [1.29, 1.82) is 0 Å². The van der Waals surface area contributed by atoms with E-state index in [-0.39, 0.29) is 5.91 Å². The van der Waals surface area contributed by atoms with Gasteiger partial charge >= 0.3 is 0 Å². The smallest absolute Gasteiger partial charge is 0.251 e. The van der Waals surface area contributed by atoms with Gasteiger partial charge in [-0.15, -0.1) is 0 Å². The summed E-state index contributed by atoms with van der Waals surface area (Å²) in [6, 6.07) is 21.6. The molecule has 2 N–H and O–H groups in total. The van der Waals surface area contributed by atoms with Gasteiger partial charge in [0.15, 0.2) is 0 Å². The van der Waals surface area contributed by atoms with Gasteiger partial charge in [0.25, 0.3) is 5.91 Å². The Hall–Kier alpha value is -2.82. The average molecular weight is 491 g/mol. The molecule has 0 saturated carbocycles. The molecule has 0 aromatic heterocycles. The number of hydrogen-bond donors (Lipinski definition) is 2. The number of aromatic hydroxyl groups is 1. The number of phenolic OH excluding ortho intramolecular Hbond substituents is 1. The third kappa shape index (κ3) is 6.87. The van der Waals surface area contributed by atoms with Crippen LogP contribution >= 0.6 is 11.6 Å². The Labute approximate surface area is 213 Å². The minimum atomic E-state index is -0.0256. The van der Waals surface area contributed by atoms with E-state index in [1.165, 1.54) is 5.56 Å². The van der Waals surface area contributed by atoms with E-state index in [1.807, 2.05) is 54.6 Å². The maximum Gasteiger partial charge on any atom is 0.251 e. The Morgan fingerprint density at radius 3 is 2.26 bits per heavy atom. The molecule has 0 radical (unpaired) electrons. The molecule has 0 atom stereocenters. The van der Waals surface area contributed by atoms with E-state index in [1.54, 1.807) is 0 Å². The Morgan fingerprint density at radius 1 is 0.971 bits per heavy atom. The van der Waals surface area contributed by atoms with Crippen molar-refractivity contribution in [2.24, 2.45) is 0 Å². The molecule has 1 amide bonds. The van der Waals surface area contributed by atoms with Gasteiger partial charge in [-0.25, -0.2) is 0 Å². The van der Waals surface area contributed by atoms with E-state index in [2.05, 4.69) is 29.3 Å². The molecule has 1 heterocycles. The zero-order chi connectivity index (χ0) is 24.6. The van der Waals surface area contributed by atoms with Crippen molar-refractivity contribution in [2.75, 3.05) is 26.2 Å². The van der Waals surface area contributed by atoms with Crippen LogP contribution in [0.1, 0.15) is 60.0 Å². The van der Waals surface area contributed by atoms with Crippen LogP contribution in [0.25, 0.3) is 11.1 Å².